The van der Waals surface area contributed by atoms with E-state index < -0.39 is 5.82 Å². The molecule has 0 amide bonds. The first-order valence-corrected chi connectivity index (χ1v) is 5.53. The molecule has 0 saturated heterocycles. The summed E-state index contributed by atoms with van der Waals surface area (Å²) in [6.07, 6.45) is 0. The van der Waals surface area contributed by atoms with Crippen LogP contribution in [-0.2, 0) is 0 Å². The fourth-order valence-corrected chi connectivity index (χ4v) is 1.43. The number of methoxy groups -OCH3 is 2. The van der Waals surface area contributed by atoms with E-state index in [4.69, 9.17) is 15.3 Å². The van der Waals surface area contributed by atoms with E-state index in [9.17, 15) is 4.39 Å². The molecule has 8 nitrogen and oxygen atoms in total. The van der Waals surface area contributed by atoms with Crippen LogP contribution in [0.5, 0.6) is 11.8 Å². The smallest absolute Gasteiger partial charge is 0.322 e. The second-order valence-electron chi connectivity index (χ2n) is 3.59. The highest BCUT2D eigenvalue weighted by molar-refractivity contribution is 5.57. The Morgan fingerprint density at radius 1 is 1.10 bits per heavy atom. The Hall–Kier alpha value is -2.68. The first-order valence-electron chi connectivity index (χ1n) is 5.53. The fourth-order valence-electron chi connectivity index (χ4n) is 1.43. The summed E-state index contributed by atoms with van der Waals surface area (Å²) in [5.41, 5.74) is 2.83. The number of benzene rings is 1. The molecule has 106 valence electrons. The number of anilines is 3. The second-order valence-corrected chi connectivity index (χ2v) is 3.59. The monoisotopic (exact) mass is 280 g/mol. The number of halogens is 1. The van der Waals surface area contributed by atoms with Gasteiger partial charge in [-0.2, -0.15) is 15.0 Å². The van der Waals surface area contributed by atoms with Crippen LogP contribution < -0.4 is 26.1 Å². The molecule has 9 heteroatoms. The van der Waals surface area contributed by atoms with Gasteiger partial charge in [0.05, 0.1) is 14.2 Å². The van der Waals surface area contributed by atoms with Crippen molar-refractivity contribution in [1.82, 2.24) is 15.0 Å². The van der Waals surface area contributed by atoms with Crippen molar-refractivity contribution in [2.45, 2.75) is 0 Å². The predicted octanol–water partition coefficient (Wildman–Crippen LogP) is 1.06. The van der Waals surface area contributed by atoms with Gasteiger partial charge in [0, 0.05) is 11.8 Å². The Bertz CT molecular complexity index is 587. The number of rotatable bonds is 5. The van der Waals surface area contributed by atoms with Crippen molar-refractivity contribution in [2.24, 2.45) is 5.84 Å². The second kappa shape index (κ2) is 5.97. The first kappa shape index (κ1) is 13.7. The van der Waals surface area contributed by atoms with Gasteiger partial charge in [0.25, 0.3) is 0 Å². The lowest BCUT2D eigenvalue weighted by molar-refractivity contribution is 0.379. The minimum atomic E-state index is -0.462. The molecule has 0 bridgehead atoms. The Balaban J connectivity index is 2.29. The van der Waals surface area contributed by atoms with Gasteiger partial charge in [-0.3, -0.25) is 5.43 Å². The number of hydrazine groups is 1. The maximum atomic E-state index is 13.3. The van der Waals surface area contributed by atoms with E-state index in [0.29, 0.717) is 5.69 Å². The van der Waals surface area contributed by atoms with E-state index in [1.807, 2.05) is 0 Å². The van der Waals surface area contributed by atoms with Gasteiger partial charge in [0.2, 0.25) is 11.9 Å². The van der Waals surface area contributed by atoms with Gasteiger partial charge in [-0.15, -0.1) is 0 Å². The van der Waals surface area contributed by atoms with E-state index in [1.54, 1.807) is 0 Å². The number of nitrogens with one attached hydrogen (secondary N) is 2. The molecule has 0 aliphatic rings. The van der Waals surface area contributed by atoms with E-state index >= 15 is 0 Å². The Morgan fingerprint density at radius 2 is 1.85 bits per heavy atom. The molecular weight excluding hydrogens is 267 g/mol. The zero-order chi connectivity index (χ0) is 14.5. The van der Waals surface area contributed by atoms with E-state index in [1.165, 1.54) is 32.4 Å². The summed E-state index contributed by atoms with van der Waals surface area (Å²) in [7, 11) is 2.80. The molecule has 0 aliphatic heterocycles. The summed E-state index contributed by atoms with van der Waals surface area (Å²) in [5.74, 6) is 5.21. The zero-order valence-electron chi connectivity index (χ0n) is 10.8. The number of nitrogens with two attached hydrogens (primary N) is 1. The third kappa shape index (κ3) is 3.01. The first-order chi connectivity index (χ1) is 9.66. The average Bonchev–Trinajstić information content (AvgIpc) is 2.48. The normalized spacial score (nSPS) is 10.0. The number of hydrogen-bond acceptors (Lipinski definition) is 8. The lowest BCUT2D eigenvalue weighted by atomic mass is 10.3. The van der Waals surface area contributed by atoms with Crippen LogP contribution in [0.1, 0.15) is 0 Å². The van der Waals surface area contributed by atoms with Crippen LogP contribution in [0.15, 0.2) is 18.2 Å². The van der Waals surface area contributed by atoms with Gasteiger partial charge >= 0.3 is 6.01 Å². The zero-order valence-corrected chi connectivity index (χ0v) is 10.8. The summed E-state index contributed by atoms with van der Waals surface area (Å²) >= 11 is 0. The molecule has 0 unspecified atom stereocenters. The van der Waals surface area contributed by atoms with Crippen LogP contribution in [0.2, 0.25) is 0 Å². The van der Waals surface area contributed by atoms with Gasteiger partial charge in [-0.05, 0) is 12.1 Å². The number of nitrogen functional groups attached to an aromatic ring is 1. The Labute approximate surface area is 114 Å². The molecule has 2 rings (SSSR count). The van der Waals surface area contributed by atoms with Crippen LogP contribution >= 0.6 is 0 Å². The minimum Gasteiger partial charge on any atom is -0.494 e. The van der Waals surface area contributed by atoms with Gasteiger partial charge < -0.3 is 14.8 Å². The maximum absolute atomic E-state index is 13.3. The molecule has 20 heavy (non-hydrogen) atoms. The van der Waals surface area contributed by atoms with Crippen molar-refractivity contribution < 1.29 is 13.9 Å². The van der Waals surface area contributed by atoms with Gasteiger partial charge in [-0.1, -0.05) is 0 Å². The fraction of sp³-hybridized carbons (Fsp3) is 0.182. The molecule has 0 saturated carbocycles. The number of ether oxygens (including phenoxy) is 2. The standard InChI is InChI=1S/C11H13FN6O2/c1-19-8-5-6(3-4-7(8)12)14-9-15-10(18-13)17-11(16-9)20-2/h3-5H,13H2,1-2H3,(H2,14,15,16,17,18). The topological polar surface area (TPSA) is 107 Å². The molecule has 0 aliphatic carbocycles. The van der Waals surface area contributed by atoms with E-state index in [0.717, 1.165) is 0 Å². The highest BCUT2D eigenvalue weighted by Crippen LogP contribution is 2.23. The van der Waals surface area contributed by atoms with E-state index in [-0.39, 0.29) is 23.7 Å². The summed E-state index contributed by atoms with van der Waals surface area (Å²) in [6, 6.07) is 4.34. The summed E-state index contributed by atoms with van der Waals surface area (Å²) in [4.78, 5) is 11.8. The maximum Gasteiger partial charge on any atom is 0.322 e. The van der Waals surface area contributed by atoms with Crippen LogP contribution in [-0.4, -0.2) is 29.2 Å². The molecule has 2 aromatic rings. The molecule has 0 atom stereocenters. The summed E-state index contributed by atoms with van der Waals surface area (Å²) < 4.78 is 23.1. The largest absolute Gasteiger partial charge is 0.494 e. The van der Waals surface area contributed by atoms with Crippen LogP contribution in [0.25, 0.3) is 0 Å². The quantitative estimate of drug-likeness (QED) is 0.551. The molecule has 4 N–H and O–H groups in total. The summed E-state index contributed by atoms with van der Waals surface area (Å²) in [6.45, 7) is 0. The molecule has 1 aromatic carbocycles. The lowest BCUT2D eigenvalue weighted by Gasteiger charge is -2.09. The van der Waals surface area contributed by atoms with Gasteiger partial charge in [0.15, 0.2) is 11.6 Å². The number of aromatic nitrogens is 3. The predicted molar refractivity (Wildman–Crippen MR) is 70.4 cm³/mol. The minimum absolute atomic E-state index is 0.0875. The van der Waals surface area contributed by atoms with Crippen molar-refractivity contribution in [3.63, 3.8) is 0 Å². The SMILES string of the molecule is COc1nc(NN)nc(Nc2ccc(F)c(OC)c2)n1. The Kier molecular flexibility index (Phi) is 4.11. The molecular formula is C11H13FN6O2. The van der Waals surface area contributed by atoms with Crippen LogP contribution in [0.3, 0.4) is 0 Å². The molecule has 1 aromatic heterocycles. The number of hydrogen-bond donors (Lipinski definition) is 3. The lowest BCUT2D eigenvalue weighted by Crippen LogP contribution is -2.13. The van der Waals surface area contributed by atoms with Crippen molar-refractivity contribution in [3.8, 4) is 11.8 Å². The molecule has 0 radical (unpaired) electrons. The van der Waals surface area contributed by atoms with Crippen molar-refractivity contribution in [2.75, 3.05) is 25.0 Å². The van der Waals surface area contributed by atoms with Crippen molar-refractivity contribution in [1.29, 1.82) is 0 Å². The van der Waals surface area contributed by atoms with Crippen molar-refractivity contribution in [3.05, 3.63) is 24.0 Å². The van der Waals surface area contributed by atoms with Gasteiger partial charge in [0.1, 0.15) is 0 Å². The number of nitrogens with zero attached hydrogens (tertiary/aromatic N) is 3. The van der Waals surface area contributed by atoms with Crippen LogP contribution in [0.4, 0.5) is 22.0 Å². The molecule has 0 spiro atoms. The van der Waals surface area contributed by atoms with Crippen LogP contribution in [0, 0.1) is 5.82 Å². The molecule has 0 fully saturated rings. The molecule has 1 heterocycles. The Morgan fingerprint density at radius 3 is 2.50 bits per heavy atom. The summed E-state index contributed by atoms with van der Waals surface area (Å²) in [5, 5.41) is 2.87. The van der Waals surface area contributed by atoms with Crippen molar-refractivity contribution >= 4 is 17.6 Å². The van der Waals surface area contributed by atoms with E-state index in [2.05, 4.69) is 25.7 Å². The third-order valence-corrected chi connectivity index (χ3v) is 2.33. The highest BCUT2D eigenvalue weighted by atomic mass is 19.1. The highest BCUT2D eigenvalue weighted by Gasteiger charge is 2.08. The average molecular weight is 280 g/mol. The van der Waals surface area contributed by atoms with Gasteiger partial charge in [-0.25, -0.2) is 10.2 Å². The third-order valence-electron chi connectivity index (χ3n) is 2.33.